The number of aromatic hydroxyl groups is 1. The molecule has 6 nitrogen and oxygen atoms in total. The van der Waals surface area contributed by atoms with Gasteiger partial charge in [-0.3, -0.25) is 4.79 Å². The average molecular weight is 327 g/mol. The van der Waals surface area contributed by atoms with Crippen LogP contribution in [0.3, 0.4) is 0 Å². The van der Waals surface area contributed by atoms with E-state index in [9.17, 15) is 14.3 Å². The summed E-state index contributed by atoms with van der Waals surface area (Å²) in [5, 5.41) is 17.7. The first-order valence-electron chi connectivity index (χ1n) is 7.27. The molecule has 1 aromatic heterocycles. The molecule has 0 radical (unpaired) electrons. The number of fused-ring (bicyclic) bond motifs is 1. The first kappa shape index (κ1) is 15.7. The molecule has 0 spiro atoms. The molecule has 0 saturated heterocycles. The second-order valence-corrected chi connectivity index (χ2v) is 4.97. The van der Waals surface area contributed by atoms with Crippen molar-refractivity contribution in [1.82, 2.24) is 4.98 Å². The van der Waals surface area contributed by atoms with Crippen LogP contribution in [-0.2, 0) is 0 Å². The molecule has 0 aliphatic heterocycles. The fraction of sp³-hybridized carbons (Fsp3) is 0.118. The minimum atomic E-state index is -0.561. The van der Waals surface area contributed by atoms with Crippen molar-refractivity contribution in [3.05, 3.63) is 53.8 Å². The van der Waals surface area contributed by atoms with Crippen molar-refractivity contribution in [2.75, 3.05) is 6.61 Å². The van der Waals surface area contributed by atoms with Crippen LogP contribution in [0.4, 0.5) is 10.1 Å². The number of carbonyl (C=O) groups is 1. The zero-order chi connectivity index (χ0) is 17.1. The maximum Gasteiger partial charge on any atom is 0.295 e. The summed E-state index contributed by atoms with van der Waals surface area (Å²) in [7, 11) is 0. The zero-order valence-electron chi connectivity index (χ0n) is 12.8. The molecular formula is C17H14FN3O3. The number of azo groups is 1. The van der Waals surface area contributed by atoms with Crippen LogP contribution >= 0.6 is 0 Å². The van der Waals surface area contributed by atoms with Gasteiger partial charge in [-0.1, -0.05) is 0 Å². The third-order valence-corrected chi connectivity index (χ3v) is 3.37. The Bertz CT molecular complexity index is 917. The molecule has 3 aromatic rings. The van der Waals surface area contributed by atoms with Crippen LogP contribution in [0.15, 0.2) is 52.7 Å². The number of hydrogen-bond donors (Lipinski definition) is 2. The van der Waals surface area contributed by atoms with E-state index in [1.165, 1.54) is 18.2 Å². The van der Waals surface area contributed by atoms with E-state index in [2.05, 4.69) is 15.2 Å². The van der Waals surface area contributed by atoms with Crippen LogP contribution in [0.1, 0.15) is 17.3 Å². The molecule has 122 valence electrons. The molecule has 0 bridgehead atoms. The van der Waals surface area contributed by atoms with Gasteiger partial charge in [-0.25, -0.2) is 4.39 Å². The Labute approximate surface area is 136 Å². The van der Waals surface area contributed by atoms with Crippen molar-refractivity contribution in [3.63, 3.8) is 0 Å². The first-order valence-corrected chi connectivity index (χ1v) is 7.27. The summed E-state index contributed by atoms with van der Waals surface area (Å²) < 4.78 is 18.5. The Morgan fingerprint density at radius 1 is 1.25 bits per heavy atom. The van der Waals surface area contributed by atoms with Crippen LogP contribution in [-0.4, -0.2) is 22.6 Å². The number of hydrogen-bond acceptors (Lipinski definition) is 4. The Hall–Kier alpha value is -3.22. The minimum absolute atomic E-state index is 0.0873. The minimum Gasteiger partial charge on any atom is -0.494 e. The van der Waals surface area contributed by atoms with Crippen LogP contribution in [0, 0.1) is 5.82 Å². The van der Waals surface area contributed by atoms with Crippen LogP contribution in [0.5, 0.6) is 11.6 Å². The number of carbonyl (C=O) groups excluding carboxylic acids is 1. The van der Waals surface area contributed by atoms with Gasteiger partial charge in [0, 0.05) is 10.9 Å². The predicted molar refractivity (Wildman–Crippen MR) is 86.4 cm³/mol. The van der Waals surface area contributed by atoms with E-state index in [1.54, 1.807) is 24.3 Å². The molecule has 0 saturated carbocycles. The SMILES string of the molecule is CCOc1ccc(C(=O)N=Nc2c(O)[nH]c3cc(F)ccc23)cc1. The van der Waals surface area contributed by atoms with E-state index in [-0.39, 0.29) is 11.6 Å². The molecule has 0 aliphatic carbocycles. The lowest BCUT2D eigenvalue weighted by Gasteiger charge is -2.02. The Morgan fingerprint density at radius 3 is 2.71 bits per heavy atom. The number of amides is 1. The number of nitrogens with zero attached hydrogens (tertiary/aromatic N) is 2. The first-order chi connectivity index (χ1) is 11.6. The van der Waals surface area contributed by atoms with Gasteiger partial charge in [0.2, 0.25) is 5.88 Å². The Kier molecular flexibility index (Phi) is 4.24. The average Bonchev–Trinajstić information content (AvgIpc) is 2.88. The highest BCUT2D eigenvalue weighted by molar-refractivity contribution is 5.97. The van der Waals surface area contributed by atoms with Crippen molar-refractivity contribution < 1.29 is 19.0 Å². The molecule has 2 aromatic carbocycles. The number of aromatic nitrogens is 1. The van der Waals surface area contributed by atoms with E-state index in [1.807, 2.05) is 6.92 Å². The molecule has 0 fully saturated rings. The van der Waals surface area contributed by atoms with Gasteiger partial charge in [0.1, 0.15) is 11.6 Å². The lowest BCUT2D eigenvalue weighted by atomic mass is 10.2. The molecule has 0 atom stereocenters. The van der Waals surface area contributed by atoms with Gasteiger partial charge in [0.25, 0.3) is 5.91 Å². The second-order valence-electron chi connectivity index (χ2n) is 4.97. The van der Waals surface area contributed by atoms with E-state index in [0.717, 1.165) is 0 Å². The lowest BCUT2D eigenvalue weighted by molar-refractivity contribution is 0.0995. The van der Waals surface area contributed by atoms with E-state index in [4.69, 9.17) is 4.74 Å². The Balaban J connectivity index is 1.85. The van der Waals surface area contributed by atoms with Gasteiger partial charge in [-0.15, -0.1) is 10.2 Å². The summed E-state index contributed by atoms with van der Waals surface area (Å²) in [5.41, 5.74) is 0.798. The molecule has 1 heterocycles. The number of rotatable bonds is 4. The number of nitrogens with one attached hydrogen (secondary N) is 1. The maximum atomic E-state index is 13.2. The maximum absolute atomic E-state index is 13.2. The normalized spacial score (nSPS) is 11.2. The van der Waals surface area contributed by atoms with Crippen molar-refractivity contribution in [2.24, 2.45) is 10.2 Å². The standard InChI is InChI=1S/C17H14FN3O3/c1-2-24-12-6-3-10(4-7-12)16(22)21-20-15-13-8-5-11(18)9-14(13)19-17(15)23/h3-9,19,23H,2H2,1H3. The van der Waals surface area contributed by atoms with Crippen molar-refractivity contribution in [3.8, 4) is 11.6 Å². The van der Waals surface area contributed by atoms with Crippen molar-refractivity contribution >= 4 is 22.5 Å². The molecule has 3 rings (SSSR count). The summed E-state index contributed by atoms with van der Waals surface area (Å²) in [5.74, 6) is -0.632. The van der Waals surface area contributed by atoms with Crippen LogP contribution < -0.4 is 4.74 Å². The zero-order valence-corrected chi connectivity index (χ0v) is 12.8. The second kappa shape index (κ2) is 6.49. The lowest BCUT2D eigenvalue weighted by Crippen LogP contribution is -1.95. The van der Waals surface area contributed by atoms with Crippen LogP contribution in [0.2, 0.25) is 0 Å². The van der Waals surface area contributed by atoms with Gasteiger partial charge in [0.05, 0.1) is 12.1 Å². The summed E-state index contributed by atoms with van der Waals surface area (Å²) in [6.07, 6.45) is 0. The highest BCUT2D eigenvalue weighted by Gasteiger charge is 2.12. The van der Waals surface area contributed by atoms with Gasteiger partial charge >= 0.3 is 0 Å². The third-order valence-electron chi connectivity index (χ3n) is 3.37. The van der Waals surface area contributed by atoms with Crippen molar-refractivity contribution in [1.29, 1.82) is 0 Å². The smallest absolute Gasteiger partial charge is 0.295 e. The number of aromatic amines is 1. The fourth-order valence-corrected chi connectivity index (χ4v) is 2.26. The van der Waals surface area contributed by atoms with E-state index >= 15 is 0 Å². The molecule has 7 heteroatoms. The predicted octanol–water partition coefficient (Wildman–Crippen LogP) is 4.34. The van der Waals surface area contributed by atoms with Gasteiger partial charge < -0.3 is 14.8 Å². The fourth-order valence-electron chi connectivity index (χ4n) is 2.26. The number of ether oxygens (including phenoxy) is 1. The molecule has 24 heavy (non-hydrogen) atoms. The number of benzene rings is 2. The third kappa shape index (κ3) is 3.10. The summed E-state index contributed by atoms with van der Waals surface area (Å²) in [4.78, 5) is 14.6. The topological polar surface area (TPSA) is 87.0 Å². The summed E-state index contributed by atoms with van der Waals surface area (Å²) in [6, 6.07) is 10.4. The quantitative estimate of drug-likeness (QED) is 0.699. The van der Waals surface area contributed by atoms with Gasteiger partial charge in [-0.2, -0.15) is 0 Å². The van der Waals surface area contributed by atoms with E-state index < -0.39 is 11.7 Å². The van der Waals surface area contributed by atoms with Gasteiger partial charge in [-0.05, 0) is 49.4 Å². The highest BCUT2D eigenvalue weighted by Crippen LogP contribution is 2.35. The summed E-state index contributed by atoms with van der Waals surface area (Å²) >= 11 is 0. The molecule has 0 aliphatic rings. The van der Waals surface area contributed by atoms with Crippen LogP contribution in [0.25, 0.3) is 10.9 Å². The summed E-state index contributed by atoms with van der Waals surface area (Å²) in [6.45, 7) is 2.40. The number of halogens is 1. The Morgan fingerprint density at radius 2 is 2.00 bits per heavy atom. The molecule has 2 N–H and O–H groups in total. The molecule has 1 amide bonds. The highest BCUT2D eigenvalue weighted by atomic mass is 19.1. The largest absolute Gasteiger partial charge is 0.494 e. The molecular weight excluding hydrogens is 313 g/mol. The van der Waals surface area contributed by atoms with Gasteiger partial charge in [0.15, 0.2) is 5.69 Å². The monoisotopic (exact) mass is 327 g/mol. The number of H-pyrrole nitrogens is 1. The van der Waals surface area contributed by atoms with Crippen molar-refractivity contribution in [2.45, 2.75) is 6.92 Å². The van der Waals surface area contributed by atoms with E-state index in [0.29, 0.717) is 28.8 Å². The molecule has 0 unspecified atom stereocenters.